The molecule has 0 spiro atoms. The van der Waals surface area contributed by atoms with Gasteiger partial charge in [-0.05, 0) is 24.1 Å². The van der Waals surface area contributed by atoms with Gasteiger partial charge in [-0.1, -0.05) is 12.1 Å². The Hall–Kier alpha value is -2.23. The SMILES string of the molecule is CN(Cc1cnn(C)c1)C(=O)CCc1ccc(S(=O)(=O)N2CCOCC2)cc1. The monoisotopic (exact) mass is 406 g/mol. The molecular formula is C19H26N4O4S. The van der Waals surface area contributed by atoms with E-state index in [-0.39, 0.29) is 10.8 Å². The molecule has 2 aromatic rings. The summed E-state index contributed by atoms with van der Waals surface area (Å²) in [5.41, 5.74) is 1.92. The lowest BCUT2D eigenvalue weighted by Crippen LogP contribution is -2.40. The van der Waals surface area contributed by atoms with E-state index in [0.717, 1.165) is 11.1 Å². The van der Waals surface area contributed by atoms with E-state index in [0.29, 0.717) is 45.7 Å². The number of hydrogen-bond acceptors (Lipinski definition) is 5. The highest BCUT2D eigenvalue weighted by molar-refractivity contribution is 7.89. The summed E-state index contributed by atoms with van der Waals surface area (Å²) in [4.78, 5) is 14.3. The zero-order chi connectivity index (χ0) is 20.1. The van der Waals surface area contributed by atoms with Crippen LogP contribution in [0.25, 0.3) is 0 Å². The number of sulfonamides is 1. The summed E-state index contributed by atoms with van der Waals surface area (Å²) in [6.07, 6.45) is 4.56. The van der Waals surface area contributed by atoms with E-state index in [1.54, 1.807) is 47.1 Å². The van der Waals surface area contributed by atoms with E-state index in [9.17, 15) is 13.2 Å². The predicted molar refractivity (Wildman–Crippen MR) is 104 cm³/mol. The fourth-order valence-corrected chi connectivity index (χ4v) is 4.53. The van der Waals surface area contributed by atoms with Crippen LogP contribution in [0.15, 0.2) is 41.6 Å². The average Bonchev–Trinajstić information content (AvgIpc) is 3.11. The first-order valence-corrected chi connectivity index (χ1v) is 10.7. The van der Waals surface area contributed by atoms with Crippen molar-refractivity contribution in [1.82, 2.24) is 19.0 Å². The number of hydrogen-bond donors (Lipinski definition) is 0. The minimum Gasteiger partial charge on any atom is -0.379 e. The second-order valence-corrected chi connectivity index (χ2v) is 8.87. The number of aryl methyl sites for hydroxylation is 2. The van der Waals surface area contributed by atoms with Gasteiger partial charge in [0.25, 0.3) is 0 Å². The third-order valence-corrected chi connectivity index (χ3v) is 6.68. The lowest BCUT2D eigenvalue weighted by atomic mass is 10.1. The topological polar surface area (TPSA) is 84.7 Å². The molecule has 1 amide bonds. The van der Waals surface area contributed by atoms with Gasteiger partial charge in [0.1, 0.15) is 0 Å². The highest BCUT2D eigenvalue weighted by Gasteiger charge is 2.26. The molecule has 1 aromatic carbocycles. The number of ether oxygens (including phenoxy) is 1. The highest BCUT2D eigenvalue weighted by atomic mass is 32.2. The number of morpholine rings is 1. The molecule has 0 N–H and O–H groups in total. The van der Waals surface area contributed by atoms with Crippen LogP contribution in [0, 0.1) is 0 Å². The number of carbonyl (C=O) groups excluding carboxylic acids is 1. The number of benzene rings is 1. The Morgan fingerprint density at radius 2 is 1.86 bits per heavy atom. The molecule has 1 fully saturated rings. The van der Waals surface area contributed by atoms with Crippen molar-refractivity contribution in [2.45, 2.75) is 24.3 Å². The Bertz CT molecular complexity index is 902. The lowest BCUT2D eigenvalue weighted by molar-refractivity contribution is -0.130. The molecule has 0 atom stereocenters. The molecule has 28 heavy (non-hydrogen) atoms. The molecular weight excluding hydrogens is 380 g/mol. The fourth-order valence-electron chi connectivity index (χ4n) is 3.12. The molecule has 0 saturated carbocycles. The van der Waals surface area contributed by atoms with E-state index in [4.69, 9.17) is 4.74 Å². The van der Waals surface area contributed by atoms with E-state index in [1.165, 1.54) is 4.31 Å². The van der Waals surface area contributed by atoms with Crippen LogP contribution >= 0.6 is 0 Å². The smallest absolute Gasteiger partial charge is 0.243 e. The van der Waals surface area contributed by atoms with Crippen LogP contribution in [-0.4, -0.2) is 66.7 Å². The van der Waals surface area contributed by atoms with Crippen molar-refractivity contribution >= 4 is 15.9 Å². The Kier molecular flexibility index (Phi) is 6.48. The maximum Gasteiger partial charge on any atom is 0.243 e. The molecule has 1 aliphatic rings. The van der Waals surface area contributed by atoms with Crippen LogP contribution in [0.5, 0.6) is 0 Å². The largest absolute Gasteiger partial charge is 0.379 e. The van der Waals surface area contributed by atoms with Gasteiger partial charge in [-0.2, -0.15) is 9.40 Å². The molecule has 3 rings (SSSR count). The van der Waals surface area contributed by atoms with Crippen LogP contribution in [0.3, 0.4) is 0 Å². The van der Waals surface area contributed by atoms with Crippen molar-refractivity contribution in [2.24, 2.45) is 7.05 Å². The second kappa shape index (κ2) is 8.85. The Labute approximate surface area is 165 Å². The summed E-state index contributed by atoms with van der Waals surface area (Å²) in [7, 11) is 0.127. The van der Waals surface area contributed by atoms with Crippen molar-refractivity contribution in [3.8, 4) is 0 Å². The van der Waals surface area contributed by atoms with Gasteiger partial charge in [0.05, 0.1) is 24.3 Å². The summed E-state index contributed by atoms with van der Waals surface area (Å²) < 4.78 is 33.6. The zero-order valence-electron chi connectivity index (χ0n) is 16.2. The van der Waals surface area contributed by atoms with Crippen molar-refractivity contribution in [1.29, 1.82) is 0 Å². The third-order valence-electron chi connectivity index (χ3n) is 4.76. The van der Waals surface area contributed by atoms with E-state index in [1.807, 2.05) is 13.2 Å². The Balaban J connectivity index is 1.54. The second-order valence-electron chi connectivity index (χ2n) is 6.93. The lowest BCUT2D eigenvalue weighted by Gasteiger charge is -2.26. The first-order chi connectivity index (χ1) is 13.4. The first kappa shape index (κ1) is 20.5. The molecule has 0 unspecified atom stereocenters. The van der Waals surface area contributed by atoms with Crippen LogP contribution in [0.1, 0.15) is 17.5 Å². The number of aromatic nitrogens is 2. The minimum absolute atomic E-state index is 0.0360. The van der Waals surface area contributed by atoms with E-state index in [2.05, 4.69) is 5.10 Å². The summed E-state index contributed by atoms with van der Waals surface area (Å²) in [5.74, 6) is 0.0360. The molecule has 2 heterocycles. The van der Waals surface area contributed by atoms with E-state index >= 15 is 0 Å². The van der Waals surface area contributed by atoms with E-state index < -0.39 is 10.0 Å². The highest BCUT2D eigenvalue weighted by Crippen LogP contribution is 2.18. The molecule has 0 aliphatic carbocycles. The van der Waals surface area contributed by atoms with Gasteiger partial charge in [-0.25, -0.2) is 8.42 Å². The molecule has 8 nitrogen and oxygen atoms in total. The number of rotatable bonds is 7. The van der Waals surface area contributed by atoms with Crippen LogP contribution in [0.2, 0.25) is 0 Å². The fraction of sp³-hybridized carbons (Fsp3) is 0.474. The normalized spacial score (nSPS) is 15.5. The molecule has 1 saturated heterocycles. The predicted octanol–water partition coefficient (Wildman–Crippen LogP) is 1.03. The molecule has 0 bridgehead atoms. The van der Waals surface area contributed by atoms with Gasteiger partial charge in [-0.3, -0.25) is 9.48 Å². The summed E-state index contributed by atoms with van der Waals surface area (Å²) >= 11 is 0. The van der Waals surface area contributed by atoms with Gasteiger partial charge in [0, 0.05) is 51.9 Å². The number of amides is 1. The van der Waals surface area contributed by atoms with Crippen LogP contribution in [0.4, 0.5) is 0 Å². The maximum absolute atomic E-state index is 12.6. The Morgan fingerprint density at radius 1 is 1.18 bits per heavy atom. The van der Waals surface area contributed by atoms with Crippen LogP contribution in [-0.2, 0) is 39.6 Å². The Morgan fingerprint density at radius 3 is 2.46 bits per heavy atom. The quantitative estimate of drug-likeness (QED) is 0.686. The average molecular weight is 407 g/mol. The first-order valence-electron chi connectivity index (χ1n) is 9.24. The van der Waals surface area contributed by atoms with Crippen LogP contribution < -0.4 is 0 Å². The van der Waals surface area contributed by atoms with Crippen molar-refractivity contribution in [2.75, 3.05) is 33.4 Å². The molecule has 9 heteroatoms. The van der Waals surface area contributed by atoms with Gasteiger partial charge < -0.3 is 9.64 Å². The van der Waals surface area contributed by atoms with Crippen molar-refractivity contribution in [3.63, 3.8) is 0 Å². The van der Waals surface area contributed by atoms with Crippen molar-refractivity contribution < 1.29 is 17.9 Å². The minimum atomic E-state index is -3.49. The zero-order valence-corrected chi connectivity index (χ0v) is 17.1. The summed E-state index contributed by atoms with van der Waals surface area (Å²) in [6.45, 7) is 2.12. The summed E-state index contributed by atoms with van der Waals surface area (Å²) in [6, 6.07) is 6.79. The molecule has 1 aliphatic heterocycles. The standard InChI is InChI=1S/C19H26N4O4S/c1-21(14-17-13-20-22(2)15-17)19(24)8-5-16-3-6-18(7-4-16)28(25,26)23-9-11-27-12-10-23/h3-4,6-7,13,15H,5,8-12,14H2,1-2H3. The number of nitrogens with zero attached hydrogens (tertiary/aromatic N) is 4. The molecule has 152 valence electrons. The van der Waals surface area contributed by atoms with Gasteiger partial charge >= 0.3 is 0 Å². The molecule has 1 aromatic heterocycles. The molecule has 0 radical (unpaired) electrons. The van der Waals surface area contributed by atoms with Gasteiger partial charge in [0.15, 0.2) is 0 Å². The summed E-state index contributed by atoms with van der Waals surface area (Å²) in [5, 5.41) is 4.10. The van der Waals surface area contributed by atoms with Crippen molar-refractivity contribution in [3.05, 3.63) is 47.8 Å². The van der Waals surface area contributed by atoms with Gasteiger partial charge in [-0.15, -0.1) is 0 Å². The van der Waals surface area contributed by atoms with Gasteiger partial charge in [0.2, 0.25) is 15.9 Å². The third kappa shape index (κ3) is 4.98. The maximum atomic E-state index is 12.6. The number of carbonyl (C=O) groups is 1.